The number of hydrogen-bond acceptors (Lipinski definition) is 3. The van der Waals surface area contributed by atoms with E-state index < -0.39 is 6.09 Å². The predicted octanol–water partition coefficient (Wildman–Crippen LogP) is 1.62. The van der Waals surface area contributed by atoms with Crippen LogP contribution < -0.4 is 5.43 Å². The van der Waals surface area contributed by atoms with Crippen LogP contribution in [0.5, 0.6) is 0 Å². The third kappa shape index (κ3) is 3.08. The number of aryl methyl sites for hydroxylation is 1. The molecule has 0 saturated carbocycles. The monoisotopic (exact) mass is 224 g/mol. The molecule has 0 fully saturated rings. The highest BCUT2D eigenvalue weighted by Gasteiger charge is 2.18. The van der Waals surface area contributed by atoms with Crippen molar-refractivity contribution < 1.29 is 9.90 Å². The first kappa shape index (κ1) is 12.2. The summed E-state index contributed by atoms with van der Waals surface area (Å²) < 4.78 is 0. The Balaban J connectivity index is 2.86. The van der Waals surface area contributed by atoms with Gasteiger partial charge in [-0.15, -0.1) is 0 Å². The van der Waals surface area contributed by atoms with Crippen LogP contribution >= 0.6 is 0 Å². The molecular formula is C10H16N4O2. The molecule has 0 radical (unpaired) electrons. The maximum Gasteiger partial charge on any atom is 0.425 e. The maximum absolute atomic E-state index is 10.2. The highest BCUT2D eigenvalue weighted by Crippen LogP contribution is 2.19. The van der Waals surface area contributed by atoms with Crippen LogP contribution in [0, 0.1) is 6.92 Å². The Morgan fingerprint density at radius 3 is 2.62 bits per heavy atom. The Labute approximate surface area is 93.8 Å². The first-order valence-corrected chi connectivity index (χ1v) is 4.90. The third-order valence-corrected chi connectivity index (χ3v) is 1.98. The molecule has 88 valence electrons. The molecular weight excluding hydrogens is 208 g/mol. The number of aromatic nitrogens is 2. The molecule has 1 rings (SSSR count). The number of hydrogen-bond donors (Lipinski definition) is 3. The second-order valence-electron chi connectivity index (χ2n) is 4.52. The van der Waals surface area contributed by atoms with E-state index in [1.165, 1.54) is 6.21 Å². The molecule has 1 aromatic heterocycles. The number of carboxylic acid groups (broad SMARTS) is 1. The van der Waals surface area contributed by atoms with Crippen molar-refractivity contribution in [2.45, 2.75) is 33.1 Å². The van der Waals surface area contributed by atoms with Gasteiger partial charge in [0.1, 0.15) is 11.5 Å². The smallest absolute Gasteiger partial charge is 0.425 e. The van der Waals surface area contributed by atoms with E-state index in [0.717, 1.165) is 11.5 Å². The molecule has 0 aliphatic carbocycles. The fourth-order valence-electron chi connectivity index (χ4n) is 1.10. The molecule has 0 aromatic carbocycles. The Morgan fingerprint density at radius 2 is 2.19 bits per heavy atom. The van der Waals surface area contributed by atoms with Gasteiger partial charge in [-0.25, -0.2) is 15.2 Å². The summed E-state index contributed by atoms with van der Waals surface area (Å²) in [5, 5.41) is 11.9. The zero-order valence-electron chi connectivity index (χ0n) is 9.83. The quantitative estimate of drug-likeness (QED) is 0.526. The summed E-state index contributed by atoms with van der Waals surface area (Å²) in [6.45, 7) is 8.00. The van der Waals surface area contributed by atoms with Gasteiger partial charge in [0, 0.05) is 11.1 Å². The minimum absolute atomic E-state index is 0.0723. The van der Waals surface area contributed by atoms with Gasteiger partial charge >= 0.3 is 6.09 Å². The van der Waals surface area contributed by atoms with Gasteiger partial charge in [-0.1, -0.05) is 20.8 Å². The summed E-state index contributed by atoms with van der Waals surface area (Å²) in [5.41, 5.74) is 3.33. The molecule has 0 bridgehead atoms. The Bertz CT molecular complexity index is 415. The van der Waals surface area contributed by atoms with Crippen molar-refractivity contribution in [3.05, 3.63) is 17.2 Å². The molecule has 0 saturated heterocycles. The summed E-state index contributed by atoms with van der Waals surface area (Å²) in [5.74, 6) is 0.849. The van der Waals surface area contributed by atoms with Crippen LogP contribution in [0.2, 0.25) is 0 Å². The molecule has 6 nitrogen and oxygen atoms in total. The number of aromatic amines is 1. The number of rotatable bonds is 2. The van der Waals surface area contributed by atoms with Crippen molar-refractivity contribution in [1.82, 2.24) is 15.4 Å². The van der Waals surface area contributed by atoms with Gasteiger partial charge in [0.2, 0.25) is 0 Å². The molecule has 0 atom stereocenters. The topological polar surface area (TPSA) is 90.4 Å². The summed E-state index contributed by atoms with van der Waals surface area (Å²) in [4.78, 5) is 17.7. The van der Waals surface area contributed by atoms with Crippen LogP contribution in [0.25, 0.3) is 0 Å². The van der Waals surface area contributed by atoms with Gasteiger partial charge in [0.15, 0.2) is 0 Å². The van der Waals surface area contributed by atoms with Crippen molar-refractivity contribution in [1.29, 1.82) is 0 Å². The zero-order chi connectivity index (χ0) is 12.3. The fourth-order valence-corrected chi connectivity index (χ4v) is 1.10. The number of carbonyl (C=O) groups is 1. The Kier molecular flexibility index (Phi) is 3.31. The highest BCUT2D eigenvalue weighted by atomic mass is 16.4. The second kappa shape index (κ2) is 4.34. The van der Waals surface area contributed by atoms with Crippen LogP contribution in [0.3, 0.4) is 0 Å². The van der Waals surface area contributed by atoms with Crippen molar-refractivity contribution in [3.63, 3.8) is 0 Å². The van der Waals surface area contributed by atoms with Crippen molar-refractivity contribution in [2.75, 3.05) is 0 Å². The maximum atomic E-state index is 10.2. The number of nitrogens with zero attached hydrogens (tertiary/aromatic N) is 2. The minimum Gasteiger partial charge on any atom is -0.464 e. The van der Waals surface area contributed by atoms with Crippen LogP contribution in [0.15, 0.2) is 5.10 Å². The lowest BCUT2D eigenvalue weighted by Crippen LogP contribution is -2.14. The van der Waals surface area contributed by atoms with Gasteiger partial charge in [-0.2, -0.15) is 5.10 Å². The first-order chi connectivity index (χ1) is 7.30. The van der Waals surface area contributed by atoms with E-state index in [9.17, 15) is 4.79 Å². The van der Waals surface area contributed by atoms with E-state index in [1.807, 2.05) is 33.1 Å². The van der Waals surface area contributed by atoms with Gasteiger partial charge in [0.05, 0.1) is 6.21 Å². The number of H-pyrrole nitrogens is 1. The fraction of sp³-hybridized carbons (Fsp3) is 0.500. The molecule has 6 heteroatoms. The first-order valence-electron chi connectivity index (χ1n) is 4.90. The van der Waals surface area contributed by atoms with Crippen molar-refractivity contribution >= 4 is 12.3 Å². The van der Waals surface area contributed by atoms with Crippen LogP contribution in [-0.2, 0) is 5.41 Å². The molecule has 0 aliphatic heterocycles. The van der Waals surface area contributed by atoms with Crippen LogP contribution in [0.4, 0.5) is 4.79 Å². The average molecular weight is 224 g/mol. The van der Waals surface area contributed by atoms with E-state index in [-0.39, 0.29) is 5.41 Å². The van der Waals surface area contributed by atoms with Gasteiger partial charge < -0.3 is 10.1 Å². The predicted molar refractivity (Wildman–Crippen MR) is 60.8 cm³/mol. The number of imidazole rings is 1. The van der Waals surface area contributed by atoms with Crippen LogP contribution in [0.1, 0.15) is 38.0 Å². The van der Waals surface area contributed by atoms with Crippen LogP contribution in [-0.4, -0.2) is 27.4 Å². The lowest BCUT2D eigenvalue weighted by atomic mass is 9.96. The molecule has 0 unspecified atom stereocenters. The van der Waals surface area contributed by atoms with E-state index in [4.69, 9.17) is 5.11 Å². The number of hydrazone groups is 1. The lowest BCUT2D eigenvalue weighted by Gasteiger charge is -2.13. The summed E-state index contributed by atoms with van der Waals surface area (Å²) >= 11 is 0. The Hall–Kier alpha value is -1.85. The standard InChI is InChI=1S/C10H16N4O2/c1-6-7(5-11-14-9(15)16)13-8(12-6)10(2,3)4/h5,14H,1-4H3,(H,12,13)(H,15,16). The lowest BCUT2D eigenvalue weighted by molar-refractivity contribution is 0.195. The molecule has 1 aromatic rings. The molecule has 3 N–H and O–H groups in total. The van der Waals surface area contributed by atoms with E-state index in [0.29, 0.717) is 5.69 Å². The summed E-state index contributed by atoms with van der Waals surface area (Å²) in [6.07, 6.45) is 0.190. The summed E-state index contributed by atoms with van der Waals surface area (Å²) in [7, 11) is 0. The van der Waals surface area contributed by atoms with Crippen molar-refractivity contribution in [2.24, 2.45) is 5.10 Å². The largest absolute Gasteiger partial charge is 0.464 e. The number of nitrogens with one attached hydrogen (secondary N) is 2. The molecule has 0 aliphatic rings. The SMILES string of the molecule is Cc1[nH]c(C(C)(C)C)nc1C=NNC(=O)O. The van der Waals surface area contributed by atoms with E-state index >= 15 is 0 Å². The zero-order valence-corrected chi connectivity index (χ0v) is 9.83. The molecule has 0 spiro atoms. The molecule has 1 heterocycles. The summed E-state index contributed by atoms with van der Waals surface area (Å²) in [6, 6.07) is 0. The molecule has 1 amide bonds. The van der Waals surface area contributed by atoms with Crippen molar-refractivity contribution in [3.8, 4) is 0 Å². The van der Waals surface area contributed by atoms with Gasteiger partial charge in [-0.3, -0.25) is 0 Å². The molecule has 16 heavy (non-hydrogen) atoms. The normalized spacial score (nSPS) is 12.0. The third-order valence-electron chi connectivity index (χ3n) is 1.98. The van der Waals surface area contributed by atoms with E-state index in [1.54, 1.807) is 0 Å². The average Bonchev–Trinajstić information content (AvgIpc) is 2.46. The van der Waals surface area contributed by atoms with Gasteiger partial charge in [-0.05, 0) is 6.92 Å². The second-order valence-corrected chi connectivity index (χ2v) is 4.52. The minimum atomic E-state index is -1.19. The Morgan fingerprint density at radius 1 is 1.56 bits per heavy atom. The van der Waals surface area contributed by atoms with E-state index in [2.05, 4.69) is 15.1 Å². The number of amides is 1. The van der Waals surface area contributed by atoms with Gasteiger partial charge in [0.25, 0.3) is 0 Å². The highest BCUT2D eigenvalue weighted by molar-refractivity contribution is 5.79.